The van der Waals surface area contributed by atoms with Crippen LogP contribution in [0.15, 0.2) is 6.07 Å². The predicted molar refractivity (Wildman–Crippen MR) is 93.2 cm³/mol. The molecule has 0 bridgehead atoms. The molecule has 0 spiro atoms. The molecule has 0 saturated carbocycles. The maximum atomic E-state index is 5.86. The molecular weight excluding hydrogens is 343 g/mol. The van der Waals surface area contributed by atoms with Gasteiger partial charge in [0.1, 0.15) is 0 Å². The third-order valence-electron chi connectivity index (χ3n) is 2.32. The van der Waals surface area contributed by atoms with E-state index in [9.17, 15) is 0 Å². The lowest BCUT2D eigenvalue weighted by molar-refractivity contribution is 0.254. The van der Waals surface area contributed by atoms with Crippen LogP contribution in [0.2, 0.25) is 0 Å². The standard InChI is InChI=1S/C13H23N2O4PS2/c1-5-8-22-20(21,18-7-3)19-10-11-9-12(17-6-2)15-13(14-11)16-4/h9H,5-8,10H2,1-4H3/t20-/m0/s1. The number of aromatic nitrogens is 2. The Morgan fingerprint density at radius 1 is 1.18 bits per heavy atom. The van der Waals surface area contributed by atoms with E-state index >= 15 is 0 Å². The fraction of sp³-hybridized carbons (Fsp3) is 0.692. The first-order valence-corrected chi connectivity index (χ1v) is 11.4. The molecule has 126 valence electrons. The van der Waals surface area contributed by atoms with Gasteiger partial charge in [0.25, 0.3) is 0 Å². The Morgan fingerprint density at radius 3 is 2.55 bits per heavy atom. The van der Waals surface area contributed by atoms with Crippen molar-refractivity contribution in [1.29, 1.82) is 0 Å². The molecule has 1 aromatic rings. The smallest absolute Gasteiger partial charge is 0.319 e. The minimum Gasteiger partial charge on any atom is -0.478 e. The molecule has 0 fully saturated rings. The minimum atomic E-state index is -2.35. The fourth-order valence-electron chi connectivity index (χ4n) is 1.45. The van der Waals surface area contributed by atoms with Crippen LogP contribution in [0.25, 0.3) is 0 Å². The Kier molecular flexibility index (Phi) is 9.28. The zero-order valence-electron chi connectivity index (χ0n) is 13.4. The van der Waals surface area contributed by atoms with Crippen molar-refractivity contribution in [1.82, 2.24) is 9.97 Å². The first kappa shape index (κ1) is 19.6. The average molecular weight is 366 g/mol. The molecule has 0 aliphatic carbocycles. The Bertz CT molecular complexity index is 505. The zero-order valence-corrected chi connectivity index (χ0v) is 15.9. The topological polar surface area (TPSA) is 62.7 Å². The van der Waals surface area contributed by atoms with E-state index in [1.165, 1.54) is 7.11 Å². The number of rotatable bonds is 11. The first-order chi connectivity index (χ1) is 10.6. The molecule has 1 rings (SSSR count). The summed E-state index contributed by atoms with van der Waals surface area (Å²) in [7, 11) is 1.51. The molecule has 0 unspecified atom stereocenters. The molecule has 6 nitrogen and oxygen atoms in total. The average Bonchev–Trinajstić information content (AvgIpc) is 2.51. The van der Waals surface area contributed by atoms with Gasteiger partial charge in [-0.25, -0.2) is 0 Å². The Morgan fingerprint density at radius 2 is 1.95 bits per heavy atom. The van der Waals surface area contributed by atoms with Crippen molar-refractivity contribution < 1.29 is 18.5 Å². The summed E-state index contributed by atoms with van der Waals surface area (Å²) in [5.41, 5.74) is -1.69. The van der Waals surface area contributed by atoms with Gasteiger partial charge in [0.15, 0.2) is 0 Å². The third kappa shape index (κ3) is 6.79. The van der Waals surface area contributed by atoms with Gasteiger partial charge in [0.05, 0.1) is 32.6 Å². The van der Waals surface area contributed by atoms with Crippen LogP contribution in [0, 0.1) is 0 Å². The SMILES string of the molecule is CCCS[P@@](=S)(OCC)OCc1cc(OCC)nc(OC)n1. The summed E-state index contributed by atoms with van der Waals surface area (Å²) in [6.07, 6.45) is 1.02. The molecule has 0 radical (unpaired) electrons. The maximum absolute atomic E-state index is 5.86. The number of nitrogens with zero attached hydrogens (tertiary/aromatic N) is 2. The highest BCUT2D eigenvalue weighted by Gasteiger charge is 2.20. The molecule has 9 heteroatoms. The van der Waals surface area contributed by atoms with Crippen LogP contribution in [0.5, 0.6) is 11.9 Å². The van der Waals surface area contributed by atoms with Crippen molar-refractivity contribution in [2.24, 2.45) is 0 Å². The summed E-state index contributed by atoms with van der Waals surface area (Å²) < 4.78 is 22.0. The Balaban J connectivity index is 2.79. The van der Waals surface area contributed by atoms with Gasteiger partial charge in [-0.05, 0) is 32.1 Å². The van der Waals surface area contributed by atoms with E-state index in [-0.39, 0.29) is 12.6 Å². The van der Waals surface area contributed by atoms with Crippen molar-refractivity contribution in [3.05, 3.63) is 11.8 Å². The van der Waals surface area contributed by atoms with Crippen molar-refractivity contribution >= 4 is 28.9 Å². The van der Waals surface area contributed by atoms with Crippen LogP contribution < -0.4 is 9.47 Å². The molecule has 0 N–H and O–H groups in total. The lowest BCUT2D eigenvalue weighted by Gasteiger charge is -2.20. The van der Waals surface area contributed by atoms with E-state index in [1.54, 1.807) is 17.4 Å². The number of ether oxygens (including phenoxy) is 2. The highest BCUT2D eigenvalue weighted by Crippen LogP contribution is 2.61. The zero-order chi connectivity index (χ0) is 16.4. The van der Waals surface area contributed by atoms with Crippen molar-refractivity contribution in [2.45, 2.75) is 33.8 Å². The van der Waals surface area contributed by atoms with Gasteiger partial charge in [0, 0.05) is 11.8 Å². The highest BCUT2D eigenvalue weighted by molar-refractivity contribution is 8.67. The summed E-state index contributed by atoms with van der Waals surface area (Å²) in [5, 5.41) is 0. The third-order valence-corrected chi connectivity index (χ3v) is 7.96. The van der Waals surface area contributed by atoms with Gasteiger partial charge < -0.3 is 18.5 Å². The first-order valence-electron chi connectivity index (χ1n) is 7.15. The van der Waals surface area contributed by atoms with Crippen molar-refractivity contribution in [2.75, 3.05) is 26.1 Å². The van der Waals surface area contributed by atoms with Crippen LogP contribution >= 0.6 is 17.1 Å². The van der Waals surface area contributed by atoms with E-state index in [2.05, 4.69) is 16.9 Å². The Labute approximate surface area is 141 Å². The maximum Gasteiger partial charge on any atom is 0.319 e. The lowest BCUT2D eigenvalue weighted by atomic mass is 10.4. The molecule has 1 aromatic heterocycles. The fourth-order valence-corrected chi connectivity index (χ4v) is 5.98. The van der Waals surface area contributed by atoms with Gasteiger partial charge >= 0.3 is 6.01 Å². The predicted octanol–water partition coefficient (Wildman–Crippen LogP) is 3.80. The molecule has 0 saturated heterocycles. The van der Waals surface area contributed by atoms with E-state index in [1.807, 2.05) is 13.8 Å². The van der Waals surface area contributed by atoms with Crippen LogP contribution in [-0.2, 0) is 27.5 Å². The quantitative estimate of drug-likeness (QED) is 0.548. The van der Waals surface area contributed by atoms with Gasteiger partial charge in [-0.3, -0.25) is 0 Å². The van der Waals surface area contributed by atoms with Crippen LogP contribution in [-0.4, -0.2) is 36.0 Å². The van der Waals surface area contributed by atoms with E-state index in [0.29, 0.717) is 24.8 Å². The monoisotopic (exact) mass is 366 g/mol. The molecular formula is C13H23N2O4PS2. The molecule has 0 aliphatic rings. The minimum absolute atomic E-state index is 0.243. The summed E-state index contributed by atoms with van der Waals surface area (Å²) in [6, 6.07) is 1.97. The number of hydrogen-bond donors (Lipinski definition) is 0. The van der Waals surface area contributed by atoms with E-state index < -0.39 is 5.69 Å². The largest absolute Gasteiger partial charge is 0.478 e. The highest BCUT2D eigenvalue weighted by atomic mass is 32.9. The van der Waals surface area contributed by atoms with Crippen LogP contribution in [0.1, 0.15) is 32.9 Å². The van der Waals surface area contributed by atoms with Gasteiger partial charge in [0.2, 0.25) is 11.6 Å². The molecule has 22 heavy (non-hydrogen) atoms. The molecule has 0 amide bonds. The lowest BCUT2D eigenvalue weighted by Crippen LogP contribution is -2.03. The van der Waals surface area contributed by atoms with Crippen LogP contribution in [0.4, 0.5) is 0 Å². The summed E-state index contributed by atoms with van der Waals surface area (Å²) in [5.74, 6) is 1.37. The summed E-state index contributed by atoms with van der Waals surface area (Å²) in [4.78, 5) is 8.35. The molecule has 1 heterocycles. The van der Waals surface area contributed by atoms with E-state index in [0.717, 1.165) is 12.2 Å². The molecule has 0 aliphatic heterocycles. The molecule has 0 aromatic carbocycles. The van der Waals surface area contributed by atoms with Crippen molar-refractivity contribution in [3.63, 3.8) is 0 Å². The van der Waals surface area contributed by atoms with Crippen molar-refractivity contribution in [3.8, 4) is 11.9 Å². The second kappa shape index (κ2) is 10.4. The second-order valence-electron chi connectivity index (χ2n) is 4.09. The number of methoxy groups -OCH3 is 1. The normalized spacial score (nSPS) is 13.6. The van der Waals surface area contributed by atoms with E-state index in [4.69, 9.17) is 30.3 Å². The summed E-state index contributed by atoms with van der Waals surface area (Å²) in [6.45, 7) is 7.20. The Hall–Kier alpha value is -0.400. The second-order valence-corrected chi connectivity index (χ2v) is 10.5. The summed E-state index contributed by atoms with van der Waals surface area (Å²) >= 11 is 7.10. The van der Waals surface area contributed by atoms with Gasteiger partial charge in [-0.15, -0.1) is 0 Å². The molecule has 1 atom stereocenters. The van der Waals surface area contributed by atoms with Gasteiger partial charge in [-0.2, -0.15) is 9.97 Å². The van der Waals surface area contributed by atoms with Crippen LogP contribution in [0.3, 0.4) is 0 Å². The number of hydrogen-bond acceptors (Lipinski definition) is 8. The van der Waals surface area contributed by atoms with Gasteiger partial charge in [-0.1, -0.05) is 18.3 Å².